The van der Waals surface area contributed by atoms with Crippen LogP contribution < -0.4 is 5.32 Å². The van der Waals surface area contributed by atoms with E-state index in [4.69, 9.17) is 0 Å². The highest BCUT2D eigenvalue weighted by Crippen LogP contribution is 2.09. The molecule has 0 aliphatic carbocycles. The Hall–Kier alpha value is -1.10. The fourth-order valence-corrected chi connectivity index (χ4v) is 1.85. The van der Waals surface area contributed by atoms with Crippen molar-refractivity contribution in [2.45, 2.75) is 25.7 Å². The number of rotatable bonds is 5. The Morgan fingerprint density at radius 3 is 2.41 bits per heavy atom. The summed E-state index contributed by atoms with van der Waals surface area (Å²) in [6.45, 7) is 2.68. The quantitative estimate of drug-likeness (QED) is 0.693. The van der Waals surface area contributed by atoms with Crippen molar-refractivity contribution in [2.75, 3.05) is 40.3 Å². The predicted octanol–water partition coefficient (Wildman–Crippen LogP) is 0.0668. The van der Waals surface area contributed by atoms with Gasteiger partial charge in [0.15, 0.2) is 0 Å². The third-order valence-electron chi connectivity index (χ3n) is 3.00. The lowest BCUT2D eigenvalue weighted by Crippen LogP contribution is -2.38. The SMILES string of the molecule is CN(C)C(=O)CNCCC(=O)N1CCCCC1. The molecule has 0 aromatic carbocycles. The van der Waals surface area contributed by atoms with Crippen molar-refractivity contribution < 1.29 is 9.59 Å². The molecule has 0 radical (unpaired) electrons. The number of hydrogen-bond acceptors (Lipinski definition) is 3. The lowest BCUT2D eigenvalue weighted by Gasteiger charge is -2.26. The van der Waals surface area contributed by atoms with E-state index >= 15 is 0 Å². The molecule has 1 aliphatic rings. The smallest absolute Gasteiger partial charge is 0.236 e. The van der Waals surface area contributed by atoms with Gasteiger partial charge in [-0.25, -0.2) is 0 Å². The summed E-state index contributed by atoms with van der Waals surface area (Å²) in [7, 11) is 3.45. The van der Waals surface area contributed by atoms with Crippen molar-refractivity contribution in [3.63, 3.8) is 0 Å². The largest absolute Gasteiger partial charge is 0.348 e. The molecular weight excluding hydrogens is 218 g/mol. The summed E-state index contributed by atoms with van der Waals surface area (Å²) in [5.74, 6) is 0.241. The van der Waals surface area contributed by atoms with E-state index in [0.717, 1.165) is 25.9 Å². The van der Waals surface area contributed by atoms with Gasteiger partial charge in [0.25, 0.3) is 0 Å². The Bertz CT molecular complexity index is 260. The van der Waals surface area contributed by atoms with Crippen molar-refractivity contribution in [1.82, 2.24) is 15.1 Å². The third kappa shape index (κ3) is 5.17. The summed E-state index contributed by atoms with van der Waals surface area (Å²) in [6.07, 6.45) is 3.97. The van der Waals surface area contributed by atoms with E-state index in [2.05, 4.69) is 5.32 Å². The van der Waals surface area contributed by atoms with Gasteiger partial charge < -0.3 is 15.1 Å². The molecule has 0 aromatic heterocycles. The number of nitrogens with one attached hydrogen (secondary N) is 1. The molecule has 0 atom stereocenters. The van der Waals surface area contributed by atoms with Gasteiger partial charge in [-0.3, -0.25) is 9.59 Å². The first-order valence-corrected chi connectivity index (χ1v) is 6.30. The van der Waals surface area contributed by atoms with E-state index in [9.17, 15) is 9.59 Å². The normalized spacial score (nSPS) is 15.8. The molecule has 2 amide bonds. The summed E-state index contributed by atoms with van der Waals surface area (Å²) < 4.78 is 0. The second kappa shape index (κ2) is 7.27. The molecule has 1 heterocycles. The average Bonchev–Trinajstić information content (AvgIpc) is 2.35. The van der Waals surface area contributed by atoms with E-state index in [-0.39, 0.29) is 11.8 Å². The lowest BCUT2D eigenvalue weighted by molar-refractivity contribution is -0.132. The summed E-state index contributed by atoms with van der Waals surface area (Å²) in [4.78, 5) is 26.5. The molecule has 0 aromatic rings. The van der Waals surface area contributed by atoms with E-state index in [1.807, 2.05) is 4.90 Å². The van der Waals surface area contributed by atoms with Crippen molar-refractivity contribution in [2.24, 2.45) is 0 Å². The number of likely N-dealkylation sites (N-methyl/N-ethyl adjacent to an activating group) is 1. The average molecular weight is 241 g/mol. The zero-order valence-electron chi connectivity index (χ0n) is 10.9. The van der Waals surface area contributed by atoms with Gasteiger partial charge in [0.1, 0.15) is 0 Å². The van der Waals surface area contributed by atoms with Gasteiger partial charge in [-0.15, -0.1) is 0 Å². The van der Waals surface area contributed by atoms with Crippen molar-refractivity contribution in [1.29, 1.82) is 0 Å². The minimum absolute atomic E-state index is 0.0374. The second-order valence-corrected chi connectivity index (χ2v) is 4.66. The molecule has 0 spiro atoms. The van der Waals surface area contributed by atoms with E-state index in [0.29, 0.717) is 19.5 Å². The zero-order chi connectivity index (χ0) is 12.7. The third-order valence-corrected chi connectivity index (χ3v) is 3.00. The molecule has 1 saturated heterocycles. The number of carbonyl (C=O) groups is 2. The first-order chi connectivity index (χ1) is 8.11. The van der Waals surface area contributed by atoms with Crippen LogP contribution in [0, 0.1) is 0 Å². The summed E-state index contributed by atoms with van der Waals surface area (Å²) in [5.41, 5.74) is 0. The zero-order valence-corrected chi connectivity index (χ0v) is 10.9. The Morgan fingerprint density at radius 1 is 1.18 bits per heavy atom. The van der Waals surface area contributed by atoms with Gasteiger partial charge in [0.2, 0.25) is 11.8 Å². The van der Waals surface area contributed by atoms with Crippen LogP contribution >= 0.6 is 0 Å². The first-order valence-electron chi connectivity index (χ1n) is 6.30. The molecule has 1 rings (SSSR count). The minimum atomic E-state index is 0.0374. The first kappa shape index (κ1) is 14.0. The van der Waals surface area contributed by atoms with Crippen molar-refractivity contribution >= 4 is 11.8 Å². The van der Waals surface area contributed by atoms with Crippen LogP contribution in [-0.2, 0) is 9.59 Å². The molecule has 5 heteroatoms. The van der Waals surface area contributed by atoms with Crippen LogP contribution in [0.1, 0.15) is 25.7 Å². The number of likely N-dealkylation sites (tertiary alicyclic amines) is 1. The van der Waals surface area contributed by atoms with Crippen LogP contribution in [0.2, 0.25) is 0 Å². The van der Waals surface area contributed by atoms with Crippen molar-refractivity contribution in [3.8, 4) is 0 Å². The van der Waals surface area contributed by atoms with Gasteiger partial charge in [0, 0.05) is 40.2 Å². The summed E-state index contributed by atoms with van der Waals surface area (Å²) in [5, 5.41) is 3.00. The highest BCUT2D eigenvalue weighted by atomic mass is 16.2. The van der Waals surface area contributed by atoms with Crippen molar-refractivity contribution in [3.05, 3.63) is 0 Å². The maximum Gasteiger partial charge on any atom is 0.236 e. The highest BCUT2D eigenvalue weighted by Gasteiger charge is 2.15. The molecule has 1 N–H and O–H groups in total. The van der Waals surface area contributed by atoms with Gasteiger partial charge in [-0.2, -0.15) is 0 Å². The van der Waals surface area contributed by atoms with Crippen LogP contribution in [0.25, 0.3) is 0 Å². The Kier molecular flexibility index (Phi) is 5.97. The molecular formula is C12H23N3O2. The highest BCUT2D eigenvalue weighted by molar-refractivity contribution is 5.78. The van der Waals surface area contributed by atoms with Gasteiger partial charge in [-0.05, 0) is 19.3 Å². The Labute approximate surface area is 103 Å². The Morgan fingerprint density at radius 2 is 1.82 bits per heavy atom. The van der Waals surface area contributed by atoms with Crippen LogP contribution in [-0.4, -0.2) is 61.9 Å². The monoisotopic (exact) mass is 241 g/mol. The van der Waals surface area contributed by atoms with E-state index in [1.54, 1.807) is 19.0 Å². The molecule has 0 unspecified atom stereocenters. The number of hydrogen-bond donors (Lipinski definition) is 1. The van der Waals surface area contributed by atoms with Gasteiger partial charge in [0.05, 0.1) is 6.54 Å². The topological polar surface area (TPSA) is 52.7 Å². The fourth-order valence-electron chi connectivity index (χ4n) is 1.85. The minimum Gasteiger partial charge on any atom is -0.348 e. The van der Waals surface area contributed by atoms with Crippen LogP contribution in [0.4, 0.5) is 0 Å². The molecule has 1 aliphatic heterocycles. The maximum atomic E-state index is 11.8. The van der Waals surface area contributed by atoms with Crippen LogP contribution in [0.5, 0.6) is 0 Å². The standard InChI is InChI=1S/C12H23N3O2/c1-14(2)12(17)10-13-7-6-11(16)15-8-4-3-5-9-15/h13H,3-10H2,1-2H3. The summed E-state index contributed by atoms with van der Waals surface area (Å²) >= 11 is 0. The second-order valence-electron chi connectivity index (χ2n) is 4.66. The van der Waals surface area contributed by atoms with Gasteiger partial charge in [-0.1, -0.05) is 0 Å². The molecule has 98 valence electrons. The maximum absolute atomic E-state index is 11.8. The number of amides is 2. The van der Waals surface area contributed by atoms with E-state index in [1.165, 1.54) is 6.42 Å². The fraction of sp³-hybridized carbons (Fsp3) is 0.833. The number of nitrogens with zero attached hydrogens (tertiary/aromatic N) is 2. The summed E-state index contributed by atoms with van der Waals surface area (Å²) in [6, 6.07) is 0. The molecule has 0 saturated carbocycles. The molecule has 0 bridgehead atoms. The van der Waals surface area contributed by atoms with Crippen LogP contribution in [0.3, 0.4) is 0 Å². The Balaban J connectivity index is 2.09. The predicted molar refractivity (Wildman–Crippen MR) is 66.6 cm³/mol. The molecule has 5 nitrogen and oxygen atoms in total. The number of piperidine rings is 1. The molecule has 1 fully saturated rings. The lowest BCUT2D eigenvalue weighted by atomic mass is 10.1. The molecule has 17 heavy (non-hydrogen) atoms. The van der Waals surface area contributed by atoms with Crippen LogP contribution in [0.15, 0.2) is 0 Å². The number of carbonyl (C=O) groups excluding carboxylic acids is 2. The van der Waals surface area contributed by atoms with Gasteiger partial charge >= 0.3 is 0 Å². The van der Waals surface area contributed by atoms with E-state index < -0.39 is 0 Å².